The van der Waals surface area contributed by atoms with E-state index in [-0.39, 0.29) is 11.3 Å². The van der Waals surface area contributed by atoms with Crippen molar-refractivity contribution in [3.8, 4) is 0 Å². The minimum atomic E-state index is -0.0704. The number of rotatable bonds is 4. The van der Waals surface area contributed by atoms with Gasteiger partial charge in [0.25, 0.3) is 0 Å². The second-order valence-electron chi connectivity index (χ2n) is 7.34. The number of carbonyl (C=O) groups is 1. The van der Waals surface area contributed by atoms with Crippen molar-refractivity contribution in [3.63, 3.8) is 0 Å². The van der Waals surface area contributed by atoms with Crippen LogP contribution in [0.15, 0.2) is 35.3 Å². The van der Waals surface area contributed by atoms with E-state index in [2.05, 4.69) is 10.00 Å². The third kappa shape index (κ3) is 3.20. The Labute approximate surface area is 147 Å². The molecule has 132 valence electrons. The Balaban J connectivity index is 1.47. The number of likely N-dealkylation sites (tertiary alicyclic amines) is 1. The molecule has 1 unspecified atom stereocenters. The first-order chi connectivity index (χ1) is 12.2. The molecule has 5 nitrogen and oxygen atoms in total. The van der Waals surface area contributed by atoms with E-state index < -0.39 is 0 Å². The Morgan fingerprint density at radius 2 is 1.92 bits per heavy atom. The van der Waals surface area contributed by atoms with Gasteiger partial charge < -0.3 is 4.90 Å². The molecule has 25 heavy (non-hydrogen) atoms. The lowest BCUT2D eigenvalue weighted by Crippen LogP contribution is -2.39. The van der Waals surface area contributed by atoms with Crippen molar-refractivity contribution >= 4 is 16.8 Å². The summed E-state index contributed by atoms with van der Waals surface area (Å²) in [7, 11) is 0. The van der Waals surface area contributed by atoms with E-state index in [1.807, 2.05) is 24.3 Å². The lowest BCUT2D eigenvalue weighted by atomic mass is 9.96. The number of aryl methyl sites for hydroxylation is 1. The van der Waals surface area contributed by atoms with E-state index in [9.17, 15) is 9.59 Å². The molecule has 1 amide bonds. The Morgan fingerprint density at radius 3 is 2.76 bits per heavy atom. The van der Waals surface area contributed by atoms with Crippen LogP contribution in [-0.2, 0) is 11.3 Å². The molecule has 0 radical (unpaired) electrons. The number of amides is 1. The zero-order chi connectivity index (χ0) is 17.2. The average molecular weight is 339 g/mol. The highest BCUT2D eigenvalue weighted by atomic mass is 16.2. The molecule has 0 N–H and O–H groups in total. The van der Waals surface area contributed by atoms with Crippen molar-refractivity contribution in [2.75, 3.05) is 6.54 Å². The Bertz CT molecular complexity index is 823. The van der Waals surface area contributed by atoms with Gasteiger partial charge in [0.15, 0.2) is 0 Å². The van der Waals surface area contributed by atoms with Crippen LogP contribution in [0.4, 0.5) is 0 Å². The van der Waals surface area contributed by atoms with Crippen molar-refractivity contribution in [2.45, 2.75) is 57.5 Å². The number of fused-ring (bicyclic) bond motifs is 1. The van der Waals surface area contributed by atoms with Crippen molar-refractivity contribution in [1.29, 1.82) is 0 Å². The molecule has 1 aromatic heterocycles. The fraction of sp³-hybridized carbons (Fsp3) is 0.550. The topological polar surface area (TPSA) is 55.2 Å². The first kappa shape index (κ1) is 16.3. The minimum absolute atomic E-state index is 0.0704. The molecule has 1 saturated carbocycles. The van der Waals surface area contributed by atoms with Gasteiger partial charge in [-0.2, -0.15) is 5.10 Å². The number of carbonyl (C=O) groups excluding carboxylic acids is 1. The third-order valence-electron chi connectivity index (χ3n) is 5.86. The number of hydrogen-bond acceptors (Lipinski definition) is 3. The monoisotopic (exact) mass is 339 g/mol. The van der Waals surface area contributed by atoms with Crippen molar-refractivity contribution in [1.82, 2.24) is 14.7 Å². The van der Waals surface area contributed by atoms with Crippen molar-refractivity contribution in [3.05, 3.63) is 40.7 Å². The van der Waals surface area contributed by atoms with Crippen molar-refractivity contribution in [2.24, 2.45) is 5.92 Å². The molecule has 1 saturated heterocycles. The van der Waals surface area contributed by atoms with E-state index in [1.54, 1.807) is 4.68 Å². The van der Waals surface area contributed by atoms with E-state index >= 15 is 0 Å². The van der Waals surface area contributed by atoms with Crippen LogP contribution in [0.1, 0.15) is 44.9 Å². The molecule has 0 bridgehead atoms. The summed E-state index contributed by atoms with van der Waals surface area (Å²) in [4.78, 5) is 26.9. The predicted molar refractivity (Wildman–Crippen MR) is 97.3 cm³/mol. The fourth-order valence-corrected chi connectivity index (χ4v) is 4.62. The van der Waals surface area contributed by atoms with Crippen LogP contribution in [0.25, 0.3) is 10.9 Å². The normalized spacial score (nSPS) is 21.3. The van der Waals surface area contributed by atoms with Gasteiger partial charge in [0.05, 0.1) is 18.3 Å². The summed E-state index contributed by atoms with van der Waals surface area (Å²) in [6.45, 7) is 1.42. The average Bonchev–Trinajstić information content (AvgIpc) is 3.32. The summed E-state index contributed by atoms with van der Waals surface area (Å²) in [6.07, 6.45) is 9.28. The maximum atomic E-state index is 12.8. The quantitative estimate of drug-likeness (QED) is 0.860. The first-order valence-electron chi connectivity index (χ1n) is 9.48. The van der Waals surface area contributed by atoms with Gasteiger partial charge in [-0.15, -0.1) is 0 Å². The summed E-state index contributed by atoms with van der Waals surface area (Å²) in [5.74, 6) is 0.941. The molecular weight excluding hydrogens is 314 g/mol. The second-order valence-corrected chi connectivity index (χ2v) is 7.34. The van der Waals surface area contributed by atoms with Crippen LogP contribution in [-0.4, -0.2) is 33.2 Å². The number of benzene rings is 1. The highest BCUT2D eigenvalue weighted by molar-refractivity contribution is 5.79. The first-order valence-corrected chi connectivity index (χ1v) is 9.48. The number of aromatic nitrogens is 2. The largest absolute Gasteiger partial charge is 0.339 e. The Morgan fingerprint density at radius 1 is 1.12 bits per heavy atom. The maximum absolute atomic E-state index is 12.8. The van der Waals surface area contributed by atoms with Crippen molar-refractivity contribution < 1.29 is 4.79 Å². The third-order valence-corrected chi connectivity index (χ3v) is 5.86. The summed E-state index contributed by atoms with van der Waals surface area (Å²) >= 11 is 0. The highest BCUT2D eigenvalue weighted by Crippen LogP contribution is 2.35. The molecule has 0 spiro atoms. The molecule has 2 aromatic rings. The maximum Gasteiger partial charge on any atom is 0.224 e. The lowest BCUT2D eigenvalue weighted by molar-refractivity contribution is -0.133. The van der Waals surface area contributed by atoms with Gasteiger partial charge in [-0.3, -0.25) is 14.3 Å². The Hall–Kier alpha value is -2.17. The molecule has 5 heteroatoms. The highest BCUT2D eigenvalue weighted by Gasteiger charge is 2.35. The van der Waals surface area contributed by atoms with Gasteiger partial charge in [-0.25, -0.2) is 0 Å². The number of hydrogen-bond donors (Lipinski definition) is 0. The second kappa shape index (κ2) is 6.98. The van der Waals surface area contributed by atoms with E-state index in [0.29, 0.717) is 30.3 Å². The van der Waals surface area contributed by atoms with Gasteiger partial charge in [0.1, 0.15) is 0 Å². The lowest BCUT2D eigenvalue weighted by Gasteiger charge is -2.29. The molecule has 2 heterocycles. The van der Waals surface area contributed by atoms with Crippen LogP contribution < -0.4 is 5.43 Å². The van der Waals surface area contributed by atoms with Crippen LogP contribution >= 0.6 is 0 Å². The molecule has 2 fully saturated rings. The van der Waals surface area contributed by atoms with Gasteiger partial charge in [0, 0.05) is 24.4 Å². The zero-order valence-electron chi connectivity index (χ0n) is 14.6. The van der Waals surface area contributed by atoms with Gasteiger partial charge in [0.2, 0.25) is 11.3 Å². The molecule has 1 atom stereocenters. The summed E-state index contributed by atoms with van der Waals surface area (Å²) in [6, 6.07) is 7.92. The predicted octanol–water partition coefficient (Wildman–Crippen LogP) is 2.97. The summed E-state index contributed by atoms with van der Waals surface area (Å²) in [5.41, 5.74) is 0.732. The molecule has 1 aromatic carbocycles. The smallest absolute Gasteiger partial charge is 0.224 e. The van der Waals surface area contributed by atoms with Gasteiger partial charge >= 0.3 is 0 Å². The number of nitrogens with zero attached hydrogens (tertiary/aromatic N) is 3. The van der Waals surface area contributed by atoms with E-state index in [0.717, 1.165) is 24.9 Å². The van der Waals surface area contributed by atoms with E-state index in [4.69, 9.17) is 0 Å². The van der Waals surface area contributed by atoms with Crippen LogP contribution in [0.5, 0.6) is 0 Å². The minimum Gasteiger partial charge on any atom is -0.339 e. The van der Waals surface area contributed by atoms with Crippen LogP contribution in [0, 0.1) is 5.92 Å². The molecule has 2 aliphatic rings. The molecule has 1 aliphatic carbocycles. The molecule has 4 rings (SSSR count). The number of para-hydroxylation sites is 1. The molecular formula is C20H25N3O2. The summed E-state index contributed by atoms with van der Waals surface area (Å²) in [5, 5.41) is 4.90. The standard InChI is InChI=1S/C20H25N3O2/c24-19-14-21-23(18-9-4-3-8-16(18)19)13-11-20(25)22-12-5-10-17(22)15-6-1-2-7-15/h3-4,8-9,14-15,17H,1-2,5-7,10-13H2. The zero-order valence-corrected chi connectivity index (χ0v) is 14.6. The van der Waals surface area contributed by atoms with E-state index in [1.165, 1.54) is 31.9 Å². The van der Waals surface area contributed by atoms with Crippen LogP contribution in [0.3, 0.4) is 0 Å². The summed E-state index contributed by atoms with van der Waals surface area (Å²) < 4.78 is 1.79. The SMILES string of the molecule is O=C(CCn1ncc(=O)c2ccccc21)N1CCCC1C1CCCC1. The fourth-order valence-electron chi connectivity index (χ4n) is 4.62. The Kier molecular flexibility index (Phi) is 4.55. The van der Waals surface area contributed by atoms with Gasteiger partial charge in [-0.1, -0.05) is 25.0 Å². The van der Waals surface area contributed by atoms with Gasteiger partial charge in [-0.05, 0) is 43.7 Å². The molecule has 1 aliphatic heterocycles. The van der Waals surface area contributed by atoms with Crippen LogP contribution in [0.2, 0.25) is 0 Å².